The number of nitrogens with one attached hydrogen (secondary N) is 2. The standard InChI is InChI=1S/C16H32N2O.ClH/c1-4-16(5-2,6-3)13-18-15(19)8-7-14-9-11-17-12-10-14;/h14,17H,4-13H2,1-3H3,(H,18,19);1H. The van der Waals surface area contributed by atoms with Crippen LogP contribution in [0.15, 0.2) is 0 Å². The first kappa shape index (κ1) is 19.7. The van der Waals surface area contributed by atoms with E-state index in [0.29, 0.717) is 11.8 Å². The maximum atomic E-state index is 12.0. The molecule has 0 atom stereocenters. The topological polar surface area (TPSA) is 41.1 Å². The summed E-state index contributed by atoms with van der Waals surface area (Å²) in [7, 11) is 0. The van der Waals surface area contributed by atoms with Gasteiger partial charge in [-0.15, -0.1) is 12.4 Å². The van der Waals surface area contributed by atoms with Crippen molar-refractivity contribution in [2.45, 2.75) is 65.7 Å². The molecule has 0 aromatic carbocycles. The van der Waals surface area contributed by atoms with Crippen LogP contribution in [-0.4, -0.2) is 25.5 Å². The molecule has 0 saturated carbocycles. The zero-order chi connectivity index (χ0) is 14.1. The van der Waals surface area contributed by atoms with Gasteiger partial charge in [0.15, 0.2) is 0 Å². The Balaban J connectivity index is 0.00000361. The molecule has 20 heavy (non-hydrogen) atoms. The van der Waals surface area contributed by atoms with Crippen molar-refractivity contribution < 1.29 is 4.79 Å². The molecule has 1 fully saturated rings. The Labute approximate surface area is 131 Å². The van der Waals surface area contributed by atoms with E-state index in [4.69, 9.17) is 0 Å². The molecule has 120 valence electrons. The van der Waals surface area contributed by atoms with Gasteiger partial charge in [0.2, 0.25) is 5.91 Å². The Kier molecular flexibility index (Phi) is 10.3. The minimum atomic E-state index is 0. The summed E-state index contributed by atoms with van der Waals surface area (Å²) in [6.45, 7) is 9.78. The molecule has 0 aliphatic carbocycles. The highest BCUT2D eigenvalue weighted by Gasteiger charge is 2.24. The fourth-order valence-corrected chi connectivity index (χ4v) is 3.01. The Morgan fingerprint density at radius 1 is 1.15 bits per heavy atom. The second kappa shape index (κ2) is 10.4. The molecule has 3 nitrogen and oxygen atoms in total. The summed E-state index contributed by atoms with van der Waals surface area (Å²) in [5.41, 5.74) is 0.310. The van der Waals surface area contributed by atoms with E-state index < -0.39 is 0 Å². The first-order valence-electron chi connectivity index (χ1n) is 8.13. The van der Waals surface area contributed by atoms with Crippen LogP contribution in [0.3, 0.4) is 0 Å². The van der Waals surface area contributed by atoms with Gasteiger partial charge in [0.05, 0.1) is 0 Å². The van der Waals surface area contributed by atoms with E-state index in [9.17, 15) is 4.79 Å². The normalized spacial score (nSPS) is 16.6. The van der Waals surface area contributed by atoms with Crippen molar-refractivity contribution in [3.8, 4) is 0 Å². The van der Waals surface area contributed by atoms with Crippen molar-refractivity contribution in [2.24, 2.45) is 11.3 Å². The number of halogens is 1. The molecule has 0 radical (unpaired) electrons. The van der Waals surface area contributed by atoms with Gasteiger partial charge in [-0.1, -0.05) is 20.8 Å². The molecule has 0 aromatic heterocycles. The minimum Gasteiger partial charge on any atom is -0.356 e. The average Bonchev–Trinajstić information content (AvgIpc) is 2.48. The second-order valence-corrected chi connectivity index (χ2v) is 6.07. The lowest BCUT2D eigenvalue weighted by Crippen LogP contribution is -2.37. The molecule has 0 spiro atoms. The number of carbonyl (C=O) groups excluding carboxylic acids is 1. The third kappa shape index (κ3) is 6.45. The van der Waals surface area contributed by atoms with E-state index in [1.165, 1.54) is 12.8 Å². The third-order valence-electron chi connectivity index (χ3n) is 5.15. The zero-order valence-electron chi connectivity index (χ0n) is 13.5. The Hall–Kier alpha value is -0.280. The lowest BCUT2D eigenvalue weighted by Gasteiger charge is -2.30. The number of carbonyl (C=O) groups is 1. The van der Waals surface area contributed by atoms with Crippen LogP contribution in [0.5, 0.6) is 0 Å². The molecule has 4 heteroatoms. The van der Waals surface area contributed by atoms with Gasteiger partial charge >= 0.3 is 0 Å². The van der Waals surface area contributed by atoms with E-state index in [0.717, 1.165) is 51.2 Å². The largest absolute Gasteiger partial charge is 0.356 e. The number of hydrogen-bond donors (Lipinski definition) is 2. The fourth-order valence-electron chi connectivity index (χ4n) is 3.01. The van der Waals surface area contributed by atoms with Gasteiger partial charge < -0.3 is 10.6 Å². The van der Waals surface area contributed by atoms with Crippen LogP contribution >= 0.6 is 12.4 Å². The second-order valence-electron chi connectivity index (χ2n) is 6.07. The highest BCUT2D eigenvalue weighted by molar-refractivity contribution is 5.85. The van der Waals surface area contributed by atoms with Crippen molar-refractivity contribution >= 4 is 18.3 Å². The van der Waals surface area contributed by atoms with Crippen LogP contribution in [0.1, 0.15) is 65.7 Å². The van der Waals surface area contributed by atoms with Crippen molar-refractivity contribution in [3.63, 3.8) is 0 Å². The van der Waals surface area contributed by atoms with E-state index in [1.54, 1.807) is 0 Å². The fraction of sp³-hybridized carbons (Fsp3) is 0.938. The number of piperidine rings is 1. The van der Waals surface area contributed by atoms with Gasteiger partial charge in [0.25, 0.3) is 0 Å². The molecule has 1 heterocycles. The third-order valence-corrected chi connectivity index (χ3v) is 5.15. The first-order valence-corrected chi connectivity index (χ1v) is 8.13. The van der Waals surface area contributed by atoms with E-state index in [2.05, 4.69) is 31.4 Å². The summed E-state index contributed by atoms with van der Waals surface area (Å²) >= 11 is 0. The van der Waals surface area contributed by atoms with E-state index >= 15 is 0 Å². The smallest absolute Gasteiger partial charge is 0.220 e. The van der Waals surface area contributed by atoms with Crippen molar-refractivity contribution in [1.29, 1.82) is 0 Å². The Bertz CT molecular complexity index is 253. The van der Waals surface area contributed by atoms with E-state index in [-0.39, 0.29) is 18.3 Å². The predicted molar refractivity (Wildman–Crippen MR) is 88.4 cm³/mol. The van der Waals surface area contributed by atoms with Crippen molar-refractivity contribution in [3.05, 3.63) is 0 Å². The molecule has 1 aliphatic rings. The molecular formula is C16H33ClN2O. The average molecular weight is 305 g/mol. The van der Waals surface area contributed by atoms with Gasteiger partial charge in [-0.2, -0.15) is 0 Å². The van der Waals surface area contributed by atoms with Crippen LogP contribution < -0.4 is 10.6 Å². The molecular weight excluding hydrogens is 272 g/mol. The molecule has 1 saturated heterocycles. The predicted octanol–water partition coefficient (Wildman–Crippen LogP) is 3.52. The highest BCUT2D eigenvalue weighted by Crippen LogP contribution is 2.29. The van der Waals surface area contributed by atoms with Crippen molar-refractivity contribution in [2.75, 3.05) is 19.6 Å². The monoisotopic (exact) mass is 304 g/mol. The molecule has 1 rings (SSSR count). The Morgan fingerprint density at radius 2 is 1.70 bits per heavy atom. The van der Waals surface area contributed by atoms with E-state index in [1.807, 2.05) is 0 Å². The molecule has 0 unspecified atom stereocenters. The molecule has 0 aromatic rings. The molecule has 1 aliphatic heterocycles. The SMILES string of the molecule is CCC(CC)(CC)CNC(=O)CCC1CCNCC1.Cl. The highest BCUT2D eigenvalue weighted by atomic mass is 35.5. The van der Waals surface area contributed by atoms with Gasteiger partial charge in [-0.25, -0.2) is 0 Å². The van der Waals surface area contributed by atoms with Crippen molar-refractivity contribution in [1.82, 2.24) is 10.6 Å². The van der Waals surface area contributed by atoms with Crippen LogP contribution in [0, 0.1) is 11.3 Å². The number of hydrogen-bond acceptors (Lipinski definition) is 2. The van der Waals surface area contributed by atoms with Gasteiger partial charge in [0.1, 0.15) is 0 Å². The zero-order valence-corrected chi connectivity index (χ0v) is 14.3. The number of rotatable bonds is 8. The van der Waals surface area contributed by atoms with Gasteiger partial charge in [-0.3, -0.25) is 4.79 Å². The Morgan fingerprint density at radius 3 is 2.20 bits per heavy atom. The van der Waals surface area contributed by atoms with Crippen LogP contribution in [-0.2, 0) is 4.79 Å². The minimum absolute atomic E-state index is 0. The quantitative estimate of drug-likeness (QED) is 0.720. The van der Waals surface area contributed by atoms with Gasteiger partial charge in [0, 0.05) is 13.0 Å². The summed E-state index contributed by atoms with van der Waals surface area (Å²) in [6.07, 6.45) is 7.67. The maximum absolute atomic E-state index is 12.0. The molecule has 1 amide bonds. The maximum Gasteiger partial charge on any atom is 0.220 e. The summed E-state index contributed by atoms with van der Waals surface area (Å²) < 4.78 is 0. The summed E-state index contributed by atoms with van der Waals surface area (Å²) in [5.74, 6) is 0.999. The summed E-state index contributed by atoms with van der Waals surface area (Å²) in [4.78, 5) is 12.0. The molecule has 0 bridgehead atoms. The van der Waals surface area contributed by atoms with Crippen LogP contribution in [0.2, 0.25) is 0 Å². The van der Waals surface area contributed by atoms with Crippen LogP contribution in [0.25, 0.3) is 0 Å². The van der Waals surface area contributed by atoms with Crippen LogP contribution in [0.4, 0.5) is 0 Å². The first-order chi connectivity index (χ1) is 9.15. The lowest BCUT2D eigenvalue weighted by molar-refractivity contribution is -0.122. The molecule has 2 N–H and O–H groups in total. The summed E-state index contributed by atoms with van der Waals surface area (Å²) in [5, 5.41) is 6.53. The lowest BCUT2D eigenvalue weighted by atomic mass is 9.80. The summed E-state index contributed by atoms with van der Waals surface area (Å²) in [6, 6.07) is 0. The number of amides is 1. The van der Waals surface area contributed by atoms with Gasteiger partial charge in [-0.05, 0) is 62.9 Å².